The molecule has 1 unspecified atom stereocenters. The molecule has 0 radical (unpaired) electrons. The Morgan fingerprint density at radius 1 is 1.24 bits per heavy atom. The molecule has 0 aliphatic carbocycles. The van der Waals surface area contributed by atoms with Gasteiger partial charge < -0.3 is 4.90 Å². The second kappa shape index (κ2) is 8.84. The largest absolute Gasteiger partial charge is 0.369 e. The summed E-state index contributed by atoms with van der Waals surface area (Å²) in [6.07, 6.45) is 0.714. The number of hydrogen-bond acceptors (Lipinski definition) is 5. The maximum Gasteiger partial charge on any atom is 0.233 e. The molecule has 2 rings (SSSR count). The molecule has 1 fully saturated rings. The Labute approximate surface area is 153 Å². The molecule has 25 heavy (non-hydrogen) atoms. The van der Waals surface area contributed by atoms with E-state index in [1.165, 1.54) is 4.31 Å². The number of hydrogen-bond donors (Lipinski definition) is 1. The Hall–Kier alpha value is -1.35. The van der Waals surface area contributed by atoms with Crippen molar-refractivity contribution in [1.29, 1.82) is 0 Å². The van der Waals surface area contributed by atoms with Crippen LogP contribution < -0.4 is 4.90 Å². The smallest absolute Gasteiger partial charge is 0.233 e. The standard InChI is InChI=1S/C16H24ClN3O4S/c1-14(12-19(22)13-21)6-11-25(23,24)20-9-7-18(8-10-20)16-4-2-15(17)3-5-16/h2-5,13-14,22H,6-12H2,1H3. The third kappa shape index (κ3) is 5.85. The van der Waals surface area contributed by atoms with Gasteiger partial charge in [0.15, 0.2) is 0 Å². The number of amides is 1. The first-order valence-corrected chi connectivity index (χ1v) is 10.2. The summed E-state index contributed by atoms with van der Waals surface area (Å²) in [6.45, 7) is 4.08. The average Bonchev–Trinajstić information content (AvgIpc) is 2.61. The average molecular weight is 390 g/mol. The first kappa shape index (κ1) is 20.0. The zero-order valence-corrected chi connectivity index (χ0v) is 15.8. The van der Waals surface area contributed by atoms with Crippen molar-refractivity contribution in [3.8, 4) is 0 Å². The molecule has 140 valence electrons. The number of carbonyl (C=O) groups is 1. The highest BCUT2D eigenvalue weighted by Crippen LogP contribution is 2.20. The van der Waals surface area contributed by atoms with E-state index in [9.17, 15) is 13.2 Å². The summed E-state index contributed by atoms with van der Waals surface area (Å²) in [4.78, 5) is 12.5. The number of halogens is 1. The van der Waals surface area contributed by atoms with E-state index < -0.39 is 10.0 Å². The van der Waals surface area contributed by atoms with Gasteiger partial charge in [-0.1, -0.05) is 18.5 Å². The van der Waals surface area contributed by atoms with E-state index in [0.29, 0.717) is 49.1 Å². The molecule has 0 aromatic heterocycles. The number of anilines is 1. The third-order valence-corrected chi connectivity index (χ3v) is 6.47. The fraction of sp³-hybridized carbons (Fsp3) is 0.562. The molecule has 1 atom stereocenters. The van der Waals surface area contributed by atoms with Gasteiger partial charge in [0.2, 0.25) is 16.4 Å². The van der Waals surface area contributed by atoms with E-state index in [4.69, 9.17) is 16.8 Å². The summed E-state index contributed by atoms with van der Waals surface area (Å²) in [5.74, 6) is -0.0812. The second-order valence-electron chi connectivity index (χ2n) is 6.30. The van der Waals surface area contributed by atoms with Crippen molar-refractivity contribution in [2.24, 2.45) is 5.92 Å². The molecule has 0 bridgehead atoms. The van der Waals surface area contributed by atoms with Gasteiger partial charge in [-0.3, -0.25) is 10.0 Å². The van der Waals surface area contributed by atoms with Crippen LogP contribution in [0.25, 0.3) is 0 Å². The van der Waals surface area contributed by atoms with Gasteiger partial charge in [0.25, 0.3) is 0 Å². The van der Waals surface area contributed by atoms with Gasteiger partial charge in [0.05, 0.1) is 12.3 Å². The van der Waals surface area contributed by atoms with Crippen LogP contribution in [0.5, 0.6) is 0 Å². The molecule has 0 saturated carbocycles. The van der Waals surface area contributed by atoms with E-state index in [2.05, 4.69) is 4.90 Å². The second-order valence-corrected chi connectivity index (χ2v) is 8.82. The first-order valence-electron chi connectivity index (χ1n) is 8.21. The molecule has 7 nitrogen and oxygen atoms in total. The summed E-state index contributed by atoms with van der Waals surface area (Å²) in [7, 11) is -3.34. The van der Waals surface area contributed by atoms with Crippen molar-refractivity contribution in [1.82, 2.24) is 9.37 Å². The third-order valence-electron chi connectivity index (χ3n) is 4.31. The summed E-state index contributed by atoms with van der Waals surface area (Å²) in [6, 6.07) is 7.51. The van der Waals surface area contributed by atoms with Gasteiger partial charge >= 0.3 is 0 Å². The van der Waals surface area contributed by atoms with Crippen LogP contribution in [-0.2, 0) is 14.8 Å². The van der Waals surface area contributed by atoms with Crippen molar-refractivity contribution in [3.63, 3.8) is 0 Å². The summed E-state index contributed by atoms with van der Waals surface area (Å²) < 4.78 is 26.5. The molecule has 1 aromatic rings. The molecule has 1 heterocycles. The summed E-state index contributed by atoms with van der Waals surface area (Å²) in [5, 5.41) is 10.4. The number of piperazine rings is 1. The maximum atomic E-state index is 12.5. The van der Waals surface area contributed by atoms with Crippen molar-refractivity contribution >= 4 is 33.7 Å². The van der Waals surface area contributed by atoms with Gasteiger partial charge in [-0.2, -0.15) is 4.31 Å². The Bertz CT molecular complexity index is 660. The lowest BCUT2D eigenvalue weighted by Gasteiger charge is -2.35. The molecule has 9 heteroatoms. The minimum Gasteiger partial charge on any atom is -0.369 e. The predicted molar refractivity (Wildman–Crippen MR) is 97.4 cm³/mol. The van der Waals surface area contributed by atoms with E-state index in [1.807, 2.05) is 24.3 Å². The molecular formula is C16H24ClN3O4S. The Morgan fingerprint density at radius 3 is 2.40 bits per heavy atom. The highest BCUT2D eigenvalue weighted by atomic mass is 35.5. The van der Waals surface area contributed by atoms with Gasteiger partial charge in [-0.05, 0) is 36.6 Å². The molecule has 1 saturated heterocycles. The Balaban J connectivity index is 1.84. The minimum absolute atomic E-state index is 0.0157. The first-order chi connectivity index (χ1) is 11.8. The number of nitrogens with zero attached hydrogens (tertiary/aromatic N) is 3. The fourth-order valence-corrected chi connectivity index (χ4v) is 4.61. The van der Waals surface area contributed by atoms with Crippen molar-refractivity contribution in [2.75, 3.05) is 43.4 Å². The van der Waals surface area contributed by atoms with E-state index in [1.54, 1.807) is 6.92 Å². The van der Waals surface area contributed by atoms with E-state index in [-0.39, 0.29) is 18.2 Å². The molecule has 0 spiro atoms. The van der Waals surface area contributed by atoms with Gasteiger partial charge in [0, 0.05) is 36.9 Å². The van der Waals surface area contributed by atoms with Crippen LogP contribution in [0.3, 0.4) is 0 Å². The van der Waals surface area contributed by atoms with Crippen LogP contribution in [0, 0.1) is 5.92 Å². The molecule has 1 aliphatic heterocycles. The van der Waals surface area contributed by atoms with Crippen molar-refractivity contribution in [3.05, 3.63) is 29.3 Å². The number of benzene rings is 1. The van der Waals surface area contributed by atoms with Crippen LogP contribution in [0.2, 0.25) is 5.02 Å². The lowest BCUT2D eigenvalue weighted by molar-refractivity contribution is -0.151. The number of rotatable bonds is 8. The Morgan fingerprint density at radius 2 is 1.84 bits per heavy atom. The quantitative estimate of drug-likeness (QED) is 0.415. The van der Waals surface area contributed by atoms with Crippen LogP contribution in [0.15, 0.2) is 24.3 Å². The summed E-state index contributed by atoms with van der Waals surface area (Å²) in [5.41, 5.74) is 1.03. The topological polar surface area (TPSA) is 81.2 Å². The number of carbonyl (C=O) groups excluding carboxylic acids is 1. The highest BCUT2D eigenvalue weighted by molar-refractivity contribution is 7.89. The lowest BCUT2D eigenvalue weighted by atomic mass is 10.1. The molecule has 1 N–H and O–H groups in total. The molecule has 1 aromatic carbocycles. The molecule has 1 aliphatic rings. The maximum absolute atomic E-state index is 12.5. The van der Waals surface area contributed by atoms with Gasteiger partial charge in [-0.25, -0.2) is 13.5 Å². The SMILES string of the molecule is CC(CCS(=O)(=O)N1CCN(c2ccc(Cl)cc2)CC1)CN(O)C=O. The highest BCUT2D eigenvalue weighted by Gasteiger charge is 2.27. The van der Waals surface area contributed by atoms with Crippen molar-refractivity contribution in [2.45, 2.75) is 13.3 Å². The normalized spacial score (nSPS) is 17.3. The molecular weight excluding hydrogens is 366 g/mol. The van der Waals surface area contributed by atoms with Crippen LogP contribution in [0.4, 0.5) is 5.69 Å². The van der Waals surface area contributed by atoms with Crippen molar-refractivity contribution < 1.29 is 18.4 Å². The van der Waals surface area contributed by atoms with E-state index >= 15 is 0 Å². The van der Waals surface area contributed by atoms with E-state index in [0.717, 1.165) is 5.69 Å². The lowest BCUT2D eigenvalue weighted by Crippen LogP contribution is -2.49. The predicted octanol–water partition coefficient (Wildman–Crippen LogP) is 1.67. The van der Waals surface area contributed by atoms with Crippen LogP contribution >= 0.6 is 11.6 Å². The zero-order chi connectivity index (χ0) is 18.4. The Kier molecular flexibility index (Phi) is 7.06. The van der Waals surface area contributed by atoms with Gasteiger partial charge in [-0.15, -0.1) is 0 Å². The number of sulfonamides is 1. The number of hydroxylamine groups is 2. The fourth-order valence-electron chi connectivity index (χ4n) is 2.81. The monoisotopic (exact) mass is 389 g/mol. The minimum atomic E-state index is -3.34. The molecule has 1 amide bonds. The van der Waals surface area contributed by atoms with Crippen LogP contribution in [-0.4, -0.2) is 67.9 Å². The zero-order valence-electron chi connectivity index (χ0n) is 14.2. The van der Waals surface area contributed by atoms with Gasteiger partial charge in [0.1, 0.15) is 0 Å². The summed E-state index contributed by atoms with van der Waals surface area (Å²) >= 11 is 5.89. The van der Waals surface area contributed by atoms with Crippen LogP contribution in [0.1, 0.15) is 13.3 Å².